The van der Waals surface area contributed by atoms with E-state index in [2.05, 4.69) is 45.1 Å². The Morgan fingerprint density at radius 3 is 2.30 bits per heavy atom. The number of hydrogen-bond acceptors (Lipinski definition) is 2. The Hall–Kier alpha value is -1.64. The first-order valence-corrected chi connectivity index (χ1v) is 7.35. The predicted molar refractivity (Wildman–Crippen MR) is 79.6 cm³/mol. The van der Waals surface area contributed by atoms with Crippen LogP contribution in [0.4, 0.5) is 0 Å². The Kier molecular flexibility index (Phi) is 4.26. The summed E-state index contributed by atoms with van der Waals surface area (Å²) >= 11 is 0. The standard InChI is InChI=1S/C17H23NO2/c1-5-6-13-14(9-15(19)18-17(13)20)16-11(3)7-10(2)8-12(16)4/h7-8,13-14H,5-6,9H2,1-4H3,(H,18,19,20). The van der Waals surface area contributed by atoms with Gasteiger partial charge in [-0.1, -0.05) is 31.0 Å². The Morgan fingerprint density at radius 2 is 1.75 bits per heavy atom. The Bertz CT molecular complexity index is 525. The van der Waals surface area contributed by atoms with E-state index < -0.39 is 0 Å². The first kappa shape index (κ1) is 14.8. The summed E-state index contributed by atoms with van der Waals surface area (Å²) in [5, 5.41) is 2.49. The van der Waals surface area contributed by atoms with E-state index >= 15 is 0 Å². The maximum Gasteiger partial charge on any atom is 0.230 e. The van der Waals surface area contributed by atoms with E-state index in [1.807, 2.05) is 0 Å². The Balaban J connectivity index is 2.46. The van der Waals surface area contributed by atoms with Gasteiger partial charge in [0.25, 0.3) is 0 Å². The van der Waals surface area contributed by atoms with E-state index in [-0.39, 0.29) is 23.7 Å². The molecule has 20 heavy (non-hydrogen) atoms. The van der Waals surface area contributed by atoms with Crippen molar-refractivity contribution in [3.05, 3.63) is 34.4 Å². The zero-order valence-corrected chi connectivity index (χ0v) is 12.7. The molecule has 2 atom stereocenters. The molecule has 1 fully saturated rings. The number of rotatable bonds is 3. The normalized spacial score (nSPS) is 22.8. The van der Waals surface area contributed by atoms with Gasteiger partial charge in [0.1, 0.15) is 0 Å². The average Bonchev–Trinajstić information content (AvgIpc) is 2.32. The summed E-state index contributed by atoms with van der Waals surface area (Å²) in [5.74, 6) is -0.311. The number of carbonyl (C=O) groups is 2. The maximum atomic E-state index is 12.1. The van der Waals surface area contributed by atoms with Crippen LogP contribution >= 0.6 is 0 Å². The fourth-order valence-corrected chi connectivity index (χ4v) is 3.53. The summed E-state index contributed by atoms with van der Waals surface area (Å²) in [6.45, 7) is 8.31. The second kappa shape index (κ2) is 5.78. The average molecular weight is 273 g/mol. The van der Waals surface area contributed by atoms with Crippen molar-refractivity contribution in [2.45, 2.75) is 52.9 Å². The van der Waals surface area contributed by atoms with Crippen LogP contribution in [0.25, 0.3) is 0 Å². The van der Waals surface area contributed by atoms with Crippen LogP contribution in [0, 0.1) is 26.7 Å². The lowest BCUT2D eigenvalue weighted by Gasteiger charge is -2.32. The summed E-state index contributed by atoms with van der Waals surface area (Å²) in [6, 6.07) is 4.28. The highest BCUT2D eigenvalue weighted by molar-refractivity contribution is 6.00. The molecule has 1 N–H and O–H groups in total. The fraction of sp³-hybridized carbons (Fsp3) is 0.529. The van der Waals surface area contributed by atoms with Crippen molar-refractivity contribution in [2.75, 3.05) is 0 Å². The van der Waals surface area contributed by atoms with Crippen LogP contribution in [-0.4, -0.2) is 11.8 Å². The third kappa shape index (κ3) is 2.77. The number of amides is 2. The molecular formula is C17H23NO2. The number of benzene rings is 1. The number of piperidine rings is 1. The van der Waals surface area contributed by atoms with Gasteiger partial charge in [-0.3, -0.25) is 14.9 Å². The van der Waals surface area contributed by atoms with Gasteiger partial charge in [-0.2, -0.15) is 0 Å². The van der Waals surface area contributed by atoms with E-state index in [0.29, 0.717) is 6.42 Å². The molecule has 0 radical (unpaired) electrons. The number of hydrogen-bond donors (Lipinski definition) is 1. The summed E-state index contributed by atoms with van der Waals surface area (Å²) in [4.78, 5) is 23.9. The highest BCUT2D eigenvalue weighted by atomic mass is 16.2. The molecule has 2 amide bonds. The quantitative estimate of drug-likeness (QED) is 0.860. The van der Waals surface area contributed by atoms with Crippen LogP contribution in [0.3, 0.4) is 0 Å². The SMILES string of the molecule is CCCC1C(=O)NC(=O)CC1c1c(C)cc(C)cc1C. The summed E-state index contributed by atoms with van der Waals surface area (Å²) in [7, 11) is 0. The van der Waals surface area contributed by atoms with Crippen molar-refractivity contribution in [3.63, 3.8) is 0 Å². The van der Waals surface area contributed by atoms with Crippen LogP contribution in [0.15, 0.2) is 12.1 Å². The van der Waals surface area contributed by atoms with Crippen molar-refractivity contribution >= 4 is 11.8 Å². The molecule has 2 unspecified atom stereocenters. The number of nitrogens with one attached hydrogen (secondary N) is 1. The molecule has 1 saturated heterocycles. The van der Waals surface area contributed by atoms with Crippen molar-refractivity contribution in [1.82, 2.24) is 5.32 Å². The fourth-order valence-electron chi connectivity index (χ4n) is 3.53. The van der Waals surface area contributed by atoms with Gasteiger partial charge in [-0.25, -0.2) is 0 Å². The van der Waals surface area contributed by atoms with Crippen LogP contribution in [0.1, 0.15) is 54.4 Å². The molecule has 0 bridgehead atoms. The minimum absolute atomic E-state index is 0.0248. The van der Waals surface area contributed by atoms with Crippen LogP contribution in [-0.2, 0) is 9.59 Å². The van der Waals surface area contributed by atoms with Gasteiger partial charge in [0, 0.05) is 18.3 Å². The van der Waals surface area contributed by atoms with E-state index in [0.717, 1.165) is 12.8 Å². The molecule has 3 heteroatoms. The lowest BCUT2D eigenvalue weighted by Crippen LogP contribution is -2.45. The smallest absolute Gasteiger partial charge is 0.230 e. The molecule has 1 aromatic carbocycles. The molecule has 2 rings (SSSR count). The zero-order chi connectivity index (χ0) is 14.9. The third-order valence-electron chi connectivity index (χ3n) is 4.20. The molecule has 0 spiro atoms. The minimum atomic E-state index is -0.147. The van der Waals surface area contributed by atoms with E-state index in [1.165, 1.54) is 22.3 Å². The van der Waals surface area contributed by atoms with Gasteiger partial charge < -0.3 is 0 Å². The van der Waals surface area contributed by atoms with Crippen molar-refractivity contribution in [3.8, 4) is 0 Å². The van der Waals surface area contributed by atoms with Gasteiger partial charge in [0.05, 0.1) is 0 Å². The zero-order valence-electron chi connectivity index (χ0n) is 12.7. The summed E-state index contributed by atoms with van der Waals surface area (Å²) in [6.07, 6.45) is 2.20. The molecule has 1 aromatic rings. The molecule has 0 aromatic heterocycles. The van der Waals surface area contributed by atoms with Gasteiger partial charge in [0.15, 0.2) is 0 Å². The van der Waals surface area contributed by atoms with Gasteiger partial charge >= 0.3 is 0 Å². The molecule has 1 heterocycles. The lowest BCUT2D eigenvalue weighted by atomic mass is 9.75. The van der Waals surface area contributed by atoms with Crippen molar-refractivity contribution in [1.29, 1.82) is 0 Å². The first-order chi connectivity index (χ1) is 9.43. The van der Waals surface area contributed by atoms with Crippen LogP contribution in [0.2, 0.25) is 0 Å². The second-order valence-corrected chi connectivity index (χ2v) is 5.93. The van der Waals surface area contributed by atoms with Gasteiger partial charge in [0.2, 0.25) is 11.8 Å². The van der Waals surface area contributed by atoms with Crippen molar-refractivity contribution in [2.24, 2.45) is 5.92 Å². The highest BCUT2D eigenvalue weighted by Crippen LogP contribution is 2.37. The van der Waals surface area contributed by atoms with Crippen molar-refractivity contribution < 1.29 is 9.59 Å². The molecular weight excluding hydrogens is 250 g/mol. The Labute approximate surface area is 120 Å². The van der Waals surface area contributed by atoms with E-state index in [1.54, 1.807) is 0 Å². The monoisotopic (exact) mass is 273 g/mol. The Morgan fingerprint density at radius 1 is 1.15 bits per heavy atom. The summed E-state index contributed by atoms with van der Waals surface area (Å²) < 4.78 is 0. The number of carbonyl (C=O) groups excluding carboxylic acids is 2. The van der Waals surface area contributed by atoms with Gasteiger partial charge in [-0.15, -0.1) is 0 Å². The highest BCUT2D eigenvalue weighted by Gasteiger charge is 2.37. The van der Waals surface area contributed by atoms with E-state index in [4.69, 9.17) is 0 Å². The lowest BCUT2D eigenvalue weighted by molar-refractivity contribution is -0.137. The minimum Gasteiger partial charge on any atom is -0.296 e. The predicted octanol–water partition coefficient (Wildman–Crippen LogP) is 3.16. The first-order valence-electron chi connectivity index (χ1n) is 7.35. The second-order valence-electron chi connectivity index (χ2n) is 5.93. The molecule has 0 saturated carbocycles. The molecule has 1 aliphatic heterocycles. The topological polar surface area (TPSA) is 46.2 Å². The van der Waals surface area contributed by atoms with Gasteiger partial charge in [-0.05, 0) is 43.9 Å². The summed E-state index contributed by atoms with van der Waals surface area (Å²) in [5.41, 5.74) is 4.80. The maximum absolute atomic E-state index is 12.1. The van der Waals surface area contributed by atoms with Crippen LogP contribution in [0.5, 0.6) is 0 Å². The third-order valence-corrected chi connectivity index (χ3v) is 4.20. The van der Waals surface area contributed by atoms with E-state index in [9.17, 15) is 9.59 Å². The number of imide groups is 1. The molecule has 0 aliphatic carbocycles. The molecule has 3 nitrogen and oxygen atoms in total. The molecule has 1 aliphatic rings. The van der Waals surface area contributed by atoms with Crippen LogP contribution < -0.4 is 5.32 Å². The number of aryl methyl sites for hydroxylation is 3. The molecule has 108 valence electrons. The largest absolute Gasteiger partial charge is 0.296 e.